The molecule has 3 unspecified atom stereocenters. The van der Waals surface area contributed by atoms with Crippen molar-refractivity contribution >= 4 is 0 Å². The highest BCUT2D eigenvalue weighted by atomic mass is 16.6. The maximum Gasteiger partial charge on any atom is 0.122 e. The molecule has 2 nitrogen and oxygen atoms in total. The van der Waals surface area contributed by atoms with E-state index >= 15 is 0 Å². The first-order chi connectivity index (χ1) is 9.08. The highest BCUT2D eigenvalue weighted by molar-refractivity contribution is 5.44. The van der Waals surface area contributed by atoms with Crippen LogP contribution in [0.5, 0.6) is 5.75 Å². The predicted octanol–water partition coefficient (Wildman–Crippen LogP) is 4.37. The lowest BCUT2D eigenvalue weighted by Crippen LogP contribution is -2.05. The Balaban J connectivity index is 2.09. The molecular weight excluding hydrogens is 236 g/mol. The van der Waals surface area contributed by atoms with Crippen LogP contribution in [0.1, 0.15) is 56.2 Å². The van der Waals surface area contributed by atoms with Gasteiger partial charge in [-0.25, -0.2) is 0 Å². The molecule has 1 fully saturated rings. The van der Waals surface area contributed by atoms with E-state index in [-0.39, 0.29) is 0 Å². The van der Waals surface area contributed by atoms with Gasteiger partial charge in [0.2, 0.25) is 0 Å². The van der Waals surface area contributed by atoms with Crippen LogP contribution in [0.4, 0.5) is 0 Å². The second-order valence-electron chi connectivity index (χ2n) is 5.59. The lowest BCUT2D eigenvalue weighted by atomic mass is 9.89. The molecule has 1 aliphatic heterocycles. The zero-order valence-corrected chi connectivity index (χ0v) is 12.8. The summed E-state index contributed by atoms with van der Waals surface area (Å²) >= 11 is 0. The first-order valence-corrected chi connectivity index (χ1v) is 7.46. The second-order valence-corrected chi connectivity index (χ2v) is 5.59. The summed E-state index contributed by atoms with van der Waals surface area (Å²) in [4.78, 5) is 0. The molecule has 0 aromatic heterocycles. The van der Waals surface area contributed by atoms with Crippen molar-refractivity contribution in [1.29, 1.82) is 0 Å². The largest absolute Gasteiger partial charge is 0.494 e. The Kier molecular flexibility index (Phi) is 4.51. The van der Waals surface area contributed by atoms with Crippen LogP contribution < -0.4 is 4.74 Å². The van der Waals surface area contributed by atoms with Gasteiger partial charge in [-0.05, 0) is 62.3 Å². The number of rotatable bonds is 6. The molecule has 1 saturated heterocycles. The van der Waals surface area contributed by atoms with Gasteiger partial charge in [-0.3, -0.25) is 0 Å². The van der Waals surface area contributed by atoms with Crippen LogP contribution in [0.3, 0.4) is 0 Å². The molecule has 0 N–H and O–H groups in total. The monoisotopic (exact) mass is 262 g/mol. The summed E-state index contributed by atoms with van der Waals surface area (Å²) < 4.78 is 11.3. The quantitative estimate of drug-likeness (QED) is 0.710. The maximum absolute atomic E-state index is 5.67. The molecule has 1 aliphatic rings. The molecule has 1 aromatic carbocycles. The standard InChI is InChI=1S/C17H26O2/c1-6-15-17(19-15)10-11(3)14-8-9-16(18-7-2)13(5)12(14)4/h8-9,11,15,17H,6-7,10H2,1-5H3. The average molecular weight is 262 g/mol. The van der Waals surface area contributed by atoms with Crippen LogP contribution in [0, 0.1) is 13.8 Å². The Morgan fingerprint density at radius 3 is 2.47 bits per heavy atom. The lowest BCUT2D eigenvalue weighted by molar-refractivity contribution is 0.337. The Morgan fingerprint density at radius 1 is 1.16 bits per heavy atom. The third-order valence-corrected chi connectivity index (χ3v) is 4.29. The molecule has 19 heavy (non-hydrogen) atoms. The topological polar surface area (TPSA) is 21.8 Å². The van der Waals surface area contributed by atoms with E-state index < -0.39 is 0 Å². The van der Waals surface area contributed by atoms with Crippen LogP contribution in [0.25, 0.3) is 0 Å². The third-order valence-electron chi connectivity index (χ3n) is 4.29. The normalized spacial score (nSPS) is 23.2. The number of benzene rings is 1. The highest BCUT2D eigenvalue weighted by Crippen LogP contribution is 2.37. The molecule has 1 heterocycles. The molecule has 106 valence electrons. The Hall–Kier alpha value is -1.02. The van der Waals surface area contributed by atoms with E-state index in [0.717, 1.165) is 25.2 Å². The van der Waals surface area contributed by atoms with Gasteiger partial charge in [-0.15, -0.1) is 0 Å². The molecular formula is C17H26O2. The molecule has 2 rings (SSSR count). The van der Waals surface area contributed by atoms with Gasteiger partial charge in [0.1, 0.15) is 5.75 Å². The van der Waals surface area contributed by atoms with Gasteiger partial charge in [0.25, 0.3) is 0 Å². The second kappa shape index (κ2) is 5.96. The fourth-order valence-corrected chi connectivity index (χ4v) is 2.88. The van der Waals surface area contributed by atoms with Crippen LogP contribution in [-0.2, 0) is 4.74 Å². The highest BCUT2D eigenvalue weighted by Gasteiger charge is 2.38. The van der Waals surface area contributed by atoms with Crippen LogP contribution in [0.2, 0.25) is 0 Å². The molecule has 0 spiro atoms. The van der Waals surface area contributed by atoms with Gasteiger partial charge in [0, 0.05) is 0 Å². The molecule has 2 heteroatoms. The van der Waals surface area contributed by atoms with E-state index in [1.165, 1.54) is 16.7 Å². The Morgan fingerprint density at radius 2 is 1.89 bits per heavy atom. The first-order valence-electron chi connectivity index (χ1n) is 7.46. The van der Waals surface area contributed by atoms with Gasteiger partial charge in [-0.2, -0.15) is 0 Å². The van der Waals surface area contributed by atoms with E-state index in [2.05, 4.69) is 39.8 Å². The van der Waals surface area contributed by atoms with Gasteiger partial charge < -0.3 is 9.47 Å². The molecule has 0 amide bonds. The van der Waals surface area contributed by atoms with Crippen LogP contribution in [-0.4, -0.2) is 18.8 Å². The van der Waals surface area contributed by atoms with Crippen molar-refractivity contribution in [1.82, 2.24) is 0 Å². The summed E-state index contributed by atoms with van der Waals surface area (Å²) in [7, 11) is 0. The maximum atomic E-state index is 5.67. The van der Waals surface area contributed by atoms with Gasteiger partial charge in [-0.1, -0.05) is 19.9 Å². The molecule has 0 saturated carbocycles. The van der Waals surface area contributed by atoms with Crippen molar-refractivity contribution in [3.8, 4) is 5.75 Å². The van der Waals surface area contributed by atoms with Crippen molar-refractivity contribution in [2.75, 3.05) is 6.61 Å². The minimum absolute atomic E-state index is 0.478. The number of epoxide rings is 1. The molecule has 1 aromatic rings. The smallest absolute Gasteiger partial charge is 0.122 e. The van der Waals surface area contributed by atoms with Crippen molar-refractivity contribution in [3.05, 3.63) is 28.8 Å². The fraction of sp³-hybridized carbons (Fsp3) is 0.647. The van der Waals surface area contributed by atoms with Gasteiger partial charge in [0.15, 0.2) is 0 Å². The van der Waals surface area contributed by atoms with E-state index in [1.54, 1.807) is 0 Å². The summed E-state index contributed by atoms with van der Waals surface area (Å²) in [6.45, 7) is 11.6. The molecule has 0 bridgehead atoms. The minimum atomic E-state index is 0.478. The summed E-state index contributed by atoms with van der Waals surface area (Å²) in [5.74, 6) is 1.57. The summed E-state index contributed by atoms with van der Waals surface area (Å²) in [5, 5.41) is 0. The summed E-state index contributed by atoms with van der Waals surface area (Å²) in [6, 6.07) is 4.34. The van der Waals surface area contributed by atoms with E-state index in [4.69, 9.17) is 9.47 Å². The van der Waals surface area contributed by atoms with E-state index in [0.29, 0.717) is 18.1 Å². The third kappa shape index (κ3) is 3.11. The van der Waals surface area contributed by atoms with Crippen LogP contribution >= 0.6 is 0 Å². The zero-order valence-electron chi connectivity index (χ0n) is 12.8. The van der Waals surface area contributed by atoms with E-state index in [1.807, 2.05) is 6.92 Å². The Bertz CT molecular complexity index is 439. The van der Waals surface area contributed by atoms with Gasteiger partial charge >= 0.3 is 0 Å². The van der Waals surface area contributed by atoms with Crippen molar-refractivity contribution in [3.63, 3.8) is 0 Å². The average Bonchev–Trinajstić information content (AvgIpc) is 3.13. The number of hydrogen-bond donors (Lipinski definition) is 0. The minimum Gasteiger partial charge on any atom is -0.494 e. The first kappa shape index (κ1) is 14.4. The zero-order chi connectivity index (χ0) is 14.0. The van der Waals surface area contributed by atoms with Crippen LogP contribution in [0.15, 0.2) is 12.1 Å². The molecule has 0 radical (unpaired) electrons. The van der Waals surface area contributed by atoms with Crippen molar-refractivity contribution in [2.24, 2.45) is 0 Å². The summed E-state index contributed by atoms with van der Waals surface area (Å²) in [6.07, 6.45) is 3.25. The lowest BCUT2D eigenvalue weighted by Gasteiger charge is -2.18. The van der Waals surface area contributed by atoms with Gasteiger partial charge in [0.05, 0.1) is 18.8 Å². The predicted molar refractivity (Wildman–Crippen MR) is 79.1 cm³/mol. The van der Waals surface area contributed by atoms with Crippen molar-refractivity contribution in [2.45, 2.75) is 65.6 Å². The Labute approximate surface area is 117 Å². The molecule has 0 aliphatic carbocycles. The molecule has 3 atom stereocenters. The summed E-state index contributed by atoms with van der Waals surface area (Å²) in [5.41, 5.74) is 4.08. The number of hydrogen-bond acceptors (Lipinski definition) is 2. The number of ether oxygens (including phenoxy) is 2. The van der Waals surface area contributed by atoms with Crippen molar-refractivity contribution < 1.29 is 9.47 Å². The SMILES string of the molecule is CCOc1ccc(C(C)CC2OC2CC)c(C)c1C. The van der Waals surface area contributed by atoms with E-state index in [9.17, 15) is 0 Å². The fourth-order valence-electron chi connectivity index (χ4n) is 2.88.